The third-order valence-corrected chi connectivity index (χ3v) is 7.54. The molecule has 0 aliphatic heterocycles. The summed E-state index contributed by atoms with van der Waals surface area (Å²) in [6.07, 6.45) is 1.15. The highest BCUT2D eigenvalue weighted by Gasteiger charge is 2.34. The number of benzene rings is 1. The number of aryl methyl sites for hydroxylation is 1. The predicted molar refractivity (Wildman–Crippen MR) is 92.6 cm³/mol. The van der Waals surface area contributed by atoms with Crippen LogP contribution in [0.3, 0.4) is 0 Å². The summed E-state index contributed by atoms with van der Waals surface area (Å²) in [5.74, 6) is -2.17. The highest BCUT2D eigenvalue weighted by Crippen LogP contribution is 2.44. The van der Waals surface area contributed by atoms with Gasteiger partial charge in [-0.1, -0.05) is 24.3 Å². The summed E-state index contributed by atoms with van der Waals surface area (Å²) < 4.78 is 34.7. The zero-order chi connectivity index (χ0) is 18.2. The van der Waals surface area contributed by atoms with Crippen LogP contribution >= 0.6 is 11.3 Å². The van der Waals surface area contributed by atoms with E-state index in [9.17, 15) is 18.0 Å². The summed E-state index contributed by atoms with van der Waals surface area (Å²) in [5.41, 5.74) is 3.06. The first-order chi connectivity index (χ1) is 11.9. The number of carbonyl (C=O) groups is 2. The van der Waals surface area contributed by atoms with Crippen molar-refractivity contribution in [2.45, 2.75) is 17.1 Å². The maximum absolute atomic E-state index is 12.7. The van der Waals surface area contributed by atoms with Crippen LogP contribution < -0.4 is 0 Å². The molecule has 1 heterocycles. The lowest BCUT2D eigenvalue weighted by Crippen LogP contribution is -2.18. The highest BCUT2D eigenvalue weighted by molar-refractivity contribution is 7.94. The third-order valence-electron chi connectivity index (χ3n) is 4.09. The Balaban J connectivity index is 2.23. The lowest BCUT2D eigenvalue weighted by atomic mass is 9.87. The number of rotatable bonds is 4. The second kappa shape index (κ2) is 6.61. The van der Waals surface area contributed by atoms with Crippen LogP contribution in [0.2, 0.25) is 0 Å². The second-order valence-corrected chi connectivity index (χ2v) is 8.76. The SMILES string of the molecule is COC(=O)CS(=O)(=O)c1sc(C(=O)OC)c2c1CCc1ccccc1-2. The number of hydrogen-bond donors (Lipinski definition) is 0. The molecule has 0 spiro atoms. The lowest BCUT2D eigenvalue weighted by Gasteiger charge is -2.18. The standard InChI is InChI=1S/C17H16O6S2/c1-22-13(18)9-25(20,21)17-12-8-7-10-5-3-4-6-11(10)14(12)15(24-17)16(19)23-2/h3-6H,7-9H2,1-2H3. The minimum atomic E-state index is -3.90. The fourth-order valence-corrected chi connectivity index (χ4v) is 6.05. The zero-order valence-corrected chi connectivity index (χ0v) is 15.3. The average molecular weight is 380 g/mol. The van der Waals surface area contributed by atoms with Crippen molar-refractivity contribution in [1.29, 1.82) is 0 Å². The molecule has 0 fully saturated rings. The molecule has 25 heavy (non-hydrogen) atoms. The van der Waals surface area contributed by atoms with Gasteiger partial charge >= 0.3 is 11.9 Å². The van der Waals surface area contributed by atoms with Crippen LogP contribution in [0, 0.1) is 0 Å². The van der Waals surface area contributed by atoms with E-state index in [0.29, 0.717) is 24.0 Å². The first kappa shape index (κ1) is 17.6. The molecule has 0 unspecified atom stereocenters. The van der Waals surface area contributed by atoms with Crippen LogP contribution in [0.15, 0.2) is 28.5 Å². The fourth-order valence-electron chi connectivity index (χ4n) is 2.97. The molecule has 2 aromatic rings. The molecule has 1 aromatic heterocycles. The molecule has 1 aromatic carbocycles. The Morgan fingerprint density at radius 1 is 1.12 bits per heavy atom. The Hall–Kier alpha value is -2.19. The number of carbonyl (C=O) groups excluding carboxylic acids is 2. The predicted octanol–water partition coefficient (Wildman–Crippen LogP) is 2.25. The molecule has 0 radical (unpaired) electrons. The van der Waals surface area contributed by atoms with E-state index in [0.717, 1.165) is 29.6 Å². The first-order valence-electron chi connectivity index (χ1n) is 7.51. The number of fused-ring (bicyclic) bond motifs is 3. The molecule has 0 saturated carbocycles. The van der Waals surface area contributed by atoms with Crippen LogP contribution in [-0.2, 0) is 36.9 Å². The molecule has 8 heteroatoms. The molecule has 3 rings (SSSR count). The lowest BCUT2D eigenvalue weighted by molar-refractivity contribution is -0.137. The zero-order valence-electron chi connectivity index (χ0n) is 13.7. The van der Waals surface area contributed by atoms with E-state index in [1.807, 2.05) is 24.3 Å². The van der Waals surface area contributed by atoms with Crippen molar-refractivity contribution in [3.63, 3.8) is 0 Å². The Bertz CT molecular complexity index is 956. The minimum Gasteiger partial charge on any atom is -0.468 e. The monoisotopic (exact) mass is 380 g/mol. The molecular weight excluding hydrogens is 364 g/mol. The topological polar surface area (TPSA) is 86.7 Å². The van der Waals surface area contributed by atoms with E-state index in [2.05, 4.69) is 4.74 Å². The molecule has 1 aliphatic rings. The van der Waals surface area contributed by atoms with Gasteiger partial charge in [-0.2, -0.15) is 0 Å². The van der Waals surface area contributed by atoms with E-state index in [-0.39, 0.29) is 9.09 Å². The average Bonchev–Trinajstić information content (AvgIpc) is 3.01. The number of hydrogen-bond acceptors (Lipinski definition) is 7. The second-order valence-electron chi connectivity index (χ2n) is 5.56. The summed E-state index contributed by atoms with van der Waals surface area (Å²) in [6.45, 7) is 0. The van der Waals surface area contributed by atoms with Crippen molar-refractivity contribution in [3.05, 3.63) is 40.3 Å². The van der Waals surface area contributed by atoms with Gasteiger partial charge < -0.3 is 9.47 Å². The fraction of sp³-hybridized carbons (Fsp3) is 0.294. The highest BCUT2D eigenvalue weighted by atomic mass is 32.2. The van der Waals surface area contributed by atoms with Gasteiger partial charge in [-0.05, 0) is 29.5 Å². The maximum atomic E-state index is 12.7. The molecule has 0 N–H and O–H groups in total. The minimum absolute atomic E-state index is 0.0443. The van der Waals surface area contributed by atoms with Crippen LogP contribution in [0.5, 0.6) is 0 Å². The Labute approximate surface area is 149 Å². The van der Waals surface area contributed by atoms with Crippen LogP contribution in [0.25, 0.3) is 11.1 Å². The normalized spacial score (nSPS) is 12.9. The summed E-state index contributed by atoms with van der Waals surface area (Å²) in [5, 5.41) is 0. The van der Waals surface area contributed by atoms with Crippen molar-refractivity contribution in [2.24, 2.45) is 0 Å². The first-order valence-corrected chi connectivity index (χ1v) is 9.97. The van der Waals surface area contributed by atoms with Crippen LogP contribution in [0.1, 0.15) is 20.8 Å². The Morgan fingerprint density at radius 3 is 2.52 bits per heavy atom. The number of methoxy groups -OCH3 is 2. The van der Waals surface area contributed by atoms with Crippen LogP contribution in [0.4, 0.5) is 0 Å². The molecule has 1 aliphatic carbocycles. The summed E-state index contributed by atoms with van der Waals surface area (Å²) in [7, 11) is -1.51. The number of ether oxygens (including phenoxy) is 2. The molecule has 6 nitrogen and oxygen atoms in total. The smallest absolute Gasteiger partial charge is 0.348 e. The van der Waals surface area contributed by atoms with Crippen LogP contribution in [-0.4, -0.2) is 40.3 Å². The van der Waals surface area contributed by atoms with Gasteiger partial charge in [0, 0.05) is 5.56 Å². The van der Waals surface area contributed by atoms with Crippen molar-refractivity contribution in [3.8, 4) is 11.1 Å². The number of sulfone groups is 1. The largest absolute Gasteiger partial charge is 0.468 e. The quantitative estimate of drug-likeness (QED) is 0.756. The number of thiophene rings is 1. The van der Waals surface area contributed by atoms with E-state index in [1.54, 1.807) is 0 Å². The van der Waals surface area contributed by atoms with Crippen molar-refractivity contribution >= 4 is 33.1 Å². The van der Waals surface area contributed by atoms with Gasteiger partial charge in [-0.3, -0.25) is 4.79 Å². The summed E-state index contributed by atoms with van der Waals surface area (Å²) in [6, 6.07) is 7.57. The van der Waals surface area contributed by atoms with E-state index in [4.69, 9.17) is 4.74 Å². The van der Waals surface area contributed by atoms with E-state index >= 15 is 0 Å². The van der Waals surface area contributed by atoms with Gasteiger partial charge in [0.15, 0.2) is 15.6 Å². The maximum Gasteiger partial charge on any atom is 0.348 e. The van der Waals surface area contributed by atoms with Crippen molar-refractivity contribution < 1.29 is 27.5 Å². The van der Waals surface area contributed by atoms with Gasteiger partial charge in [0.2, 0.25) is 0 Å². The molecular formula is C17H16O6S2. The van der Waals surface area contributed by atoms with Gasteiger partial charge in [0.05, 0.1) is 14.2 Å². The van der Waals surface area contributed by atoms with Gasteiger partial charge in [-0.15, -0.1) is 11.3 Å². The van der Waals surface area contributed by atoms with Gasteiger partial charge in [0.1, 0.15) is 9.09 Å². The van der Waals surface area contributed by atoms with Gasteiger partial charge in [0.25, 0.3) is 0 Å². The molecule has 0 saturated heterocycles. The molecule has 0 amide bonds. The van der Waals surface area contributed by atoms with E-state index in [1.165, 1.54) is 7.11 Å². The number of esters is 2. The molecule has 0 atom stereocenters. The third kappa shape index (κ3) is 3.07. The Kier molecular flexibility index (Phi) is 4.66. The summed E-state index contributed by atoms with van der Waals surface area (Å²) >= 11 is 0.861. The molecule has 132 valence electrons. The summed E-state index contributed by atoms with van der Waals surface area (Å²) in [4.78, 5) is 23.9. The van der Waals surface area contributed by atoms with Gasteiger partial charge in [-0.25, -0.2) is 13.2 Å². The van der Waals surface area contributed by atoms with Crippen molar-refractivity contribution in [2.75, 3.05) is 20.0 Å². The molecule has 0 bridgehead atoms. The van der Waals surface area contributed by atoms with E-state index < -0.39 is 27.5 Å². The van der Waals surface area contributed by atoms with Crippen molar-refractivity contribution in [1.82, 2.24) is 0 Å². The Morgan fingerprint density at radius 2 is 1.84 bits per heavy atom.